The van der Waals surface area contributed by atoms with Crippen LogP contribution in [0.2, 0.25) is 0 Å². The van der Waals surface area contributed by atoms with Crippen molar-refractivity contribution >= 4 is 38.5 Å². The van der Waals surface area contributed by atoms with Gasteiger partial charge >= 0.3 is 0 Å². The van der Waals surface area contributed by atoms with Crippen LogP contribution < -0.4 is 4.74 Å². The number of amides is 1. The standard InChI is InChI=1S/C22H20BrN3O3/c1-13-9-19-16(10-17(13)23)18(27)11-22(29-19)5-7-26(8-6-22)21(28)15-4-2-3-14-12-24-25-20(14)15/h2-4,9-10,12H,5-8,11H2,1H3,(H,24,25). The number of H-pyrrole nitrogens is 1. The van der Waals surface area contributed by atoms with Crippen LogP contribution in [0.15, 0.2) is 41.0 Å². The van der Waals surface area contributed by atoms with Gasteiger partial charge in [0.15, 0.2) is 5.78 Å². The van der Waals surface area contributed by atoms with E-state index in [1.165, 1.54) is 0 Å². The average Bonchev–Trinajstić information content (AvgIpc) is 3.19. The van der Waals surface area contributed by atoms with Gasteiger partial charge in [-0.25, -0.2) is 0 Å². The molecule has 0 atom stereocenters. The largest absolute Gasteiger partial charge is 0.486 e. The van der Waals surface area contributed by atoms with Crippen LogP contribution in [0.1, 0.15) is 45.5 Å². The number of piperidine rings is 1. The molecule has 5 rings (SSSR count). The minimum absolute atomic E-state index is 0.0167. The number of benzene rings is 2. The Labute approximate surface area is 176 Å². The summed E-state index contributed by atoms with van der Waals surface area (Å²) in [6.07, 6.45) is 3.35. The maximum Gasteiger partial charge on any atom is 0.256 e. The maximum atomic E-state index is 13.1. The summed E-state index contributed by atoms with van der Waals surface area (Å²) in [6, 6.07) is 9.40. The summed E-state index contributed by atoms with van der Waals surface area (Å²) in [4.78, 5) is 27.7. The number of aryl methyl sites for hydroxylation is 1. The number of halogens is 1. The third kappa shape index (κ3) is 3.04. The highest BCUT2D eigenvalue weighted by atomic mass is 79.9. The predicted octanol–water partition coefficient (Wildman–Crippen LogP) is 4.27. The van der Waals surface area contributed by atoms with Gasteiger partial charge in [-0.3, -0.25) is 14.7 Å². The Kier molecular flexibility index (Phi) is 4.24. The Morgan fingerprint density at radius 3 is 2.86 bits per heavy atom. The Morgan fingerprint density at radius 1 is 1.28 bits per heavy atom. The number of nitrogens with zero attached hydrogens (tertiary/aromatic N) is 2. The maximum absolute atomic E-state index is 13.1. The quantitative estimate of drug-likeness (QED) is 0.596. The molecule has 0 saturated carbocycles. The number of ether oxygens (including phenoxy) is 1. The minimum Gasteiger partial charge on any atom is -0.486 e. The summed E-state index contributed by atoms with van der Waals surface area (Å²) >= 11 is 3.49. The predicted molar refractivity (Wildman–Crippen MR) is 112 cm³/mol. The van der Waals surface area contributed by atoms with Gasteiger partial charge < -0.3 is 9.64 Å². The number of nitrogens with one attached hydrogen (secondary N) is 1. The molecule has 29 heavy (non-hydrogen) atoms. The number of ketones is 1. The van der Waals surface area contributed by atoms with E-state index in [0.29, 0.717) is 49.2 Å². The van der Waals surface area contributed by atoms with E-state index < -0.39 is 5.60 Å². The van der Waals surface area contributed by atoms with E-state index in [9.17, 15) is 9.59 Å². The molecule has 6 nitrogen and oxygen atoms in total. The van der Waals surface area contributed by atoms with Crippen LogP contribution in [0, 0.1) is 6.92 Å². The number of likely N-dealkylation sites (tertiary alicyclic amines) is 1. The van der Waals surface area contributed by atoms with Crippen LogP contribution in [-0.2, 0) is 0 Å². The van der Waals surface area contributed by atoms with Crippen LogP contribution in [0.5, 0.6) is 5.75 Å². The highest BCUT2D eigenvalue weighted by Gasteiger charge is 2.44. The Hall–Kier alpha value is -2.67. The molecule has 148 valence electrons. The molecule has 1 fully saturated rings. The molecule has 0 unspecified atom stereocenters. The van der Waals surface area contributed by atoms with Gasteiger partial charge in [-0.15, -0.1) is 0 Å². The second-order valence-electron chi connectivity index (χ2n) is 7.91. The van der Waals surface area contributed by atoms with Crippen LogP contribution in [0.4, 0.5) is 0 Å². The lowest BCUT2D eigenvalue weighted by molar-refractivity contribution is -0.00570. The number of hydrogen-bond acceptors (Lipinski definition) is 4. The number of carbonyl (C=O) groups is 2. The molecule has 0 bridgehead atoms. The fourth-order valence-electron chi connectivity index (χ4n) is 4.33. The smallest absolute Gasteiger partial charge is 0.256 e. The molecule has 2 aromatic carbocycles. The molecule has 3 aromatic rings. The number of para-hydroxylation sites is 1. The first kappa shape index (κ1) is 18.4. The van der Waals surface area contributed by atoms with Crippen molar-refractivity contribution in [1.82, 2.24) is 15.1 Å². The molecular weight excluding hydrogens is 434 g/mol. The van der Waals surface area contributed by atoms with E-state index in [2.05, 4.69) is 26.1 Å². The molecule has 1 aromatic heterocycles. The lowest BCUT2D eigenvalue weighted by Crippen LogP contribution is -2.52. The number of aromatic nitrogens is 2. The van der Waals surface area contributed by atoms with Gasteiger partial charge in [-0.05, 0) is 30.7 Å². The fourth-order valence-corrected chi connectivity index (χ4v) is 4.67. The summed E-state index contributed by atoms with van der Waals surface area (Å²) in [5.41, 5.74) is 2.53. The number of carbonyl (C=O) groups excluding carboxylic acids is 2. The van der Waals surface area contributed by atoms with Crippen molar-refractivity contribution in [2.24, 2.45) is 0 Å². The highest BCUT2D eigenvalue weighted by molar-refractivity contribution is 9.10. The molecule has 3 heterocycles. The van der Waals surface area contributed by atoms with Crippen molar-refractivity contribution in [2.75, 3.05) is 13.1 Å². The van der Waals surface area contributed by atoms with E-state index in [1.54, 1.807) is 6.20 Å². The summed E-state index contributed by atoms with van der Waals surface area (Å²) < 4.78 is 7.28. The molecule has 7 heteroatoms. The second-order valence-corrected chi connectivity index (χ2v) is 8.77. The van der Waals surface area contributed by atoms with E-state index in [4.69, 9.17) is 4.74 Å². The summed E-state index contributed by atoms with van der Waals surface area (Å²) in [5.74, 6) is 0.745. The van der Waals surface area contributed by atoms with Gasteiger partial charge in [0, 0.05) is 35.8 Å². The van der Waals surface area contributed by atoms with Crippen molar-refractivity contribution in [1.29, 1.82) is 0 Å². The lowest BCUT2D eigenvalue weighted by Gasteiger charge is -2.44. The molecule has 1 saturated heterocycles. The molecule has 0 aliphatic carbocycles. The Morgan fingerprint density at radius 2 is 2.07 bits per heavy atom. The van der Waals surface area contributed by atoms with E-state index in [1.807, 2.05) is 42.2 Å². The lowest BCUT2D eigenvalue weighted by atomic mass is 9.82. The first-order valence-corrected chi connectivity index (χ1v) is 10.5. The highest BCUT2D eigenvalue weighted by Crippen LogP contribution is 2.41. The van der Waals surface area contributed by atoms with Gasteiger partial charge in [0.05, 0.1) is 29.3 Å². The number of rotatable bonds is 1. The van der Waals surface area contributed by atoms with Crippen LogP contribution in [-0.4, -0.2) is 45.5 Å². The first-order valence-electron chi connectivity index (χ1n) is 9.69. The van der Waals surface area contributed by atoms with Crippen LogP contribution in [0.25, 0.3) is 10.9 Å². The Bertz CT molecular complexity index is 1150. The van der Waals surface area contributed by atoms with E-state index >= 15 is 0 Å². The first-order chi connectivity index (χ1) is 14.0. The van der Waals surface area contributed by atoms with E-state index in [-0.39, 0.29) is 11.7 Å². The minimum atomic E-state index is -0.527. The van der Waals surface area contributed by atoms with Crippen molar-refractivity contribution < 1.29 is 14.3 Å². The zero-order valence-corrected chi connectivity index (χ0v) is 17.6. The zero-order valence-electron chi connectivity index (χ0n) is 16.0. The van der Waals surface area contributed by atoms with E-state index in [0.717, 1.165) is 20.9 Å². The molecule has 1 amide bonds. The third-order valence-corrected chi connectivity index (χ3v) is 6.89. The number of Topliss-reactive ketones (excluding diaryl/α,β-unsaturated/α-hetero) is 1. The summed E-state index contributed by atoms with van der Waals surface area (Å²) in [6.45, 7) is 3.10. The molecule has 1 spiro atoms. The second kappa shape index (κ2) is 6.69. The average molecular weight is 454 g/mol. The van der Waals surface area contributed by atoms with Crippen molar-refractivity contribution in [3.05, 3.63) is 57.7 Å². The molecule has 0 radical (unpaired) electrons. The van der Waals surface area contributed by atoms with Crippen molar-refractivity contribution in [2.45, 2.75) is 31.8 Å². The third-order valence-electron chi connectivity index (χ3n) is 6.04. The van der Waals surface area contributed by atoms with Crippen molar-refractivity contribution in [3.8, 4) is 5.75 Å². The van der Waals surface area contributed by atoms with Gasteiger partial charge in [0.2, 0.25) is 0 Å². The number of hydrogen-bond donors (Lipinski definition) is 1. The molecule has 2 aliphatic rings. The summed E-state index contributed by atoms with van der Waals surface area (Å²) in [7, 11) is 0. The van der Waals surface area contributed by atoms with Gasteiger partial charge in [0.25, 0.3) is 5.91 Å². The Balaban J connectivity index is 1.36. The zero-order chi connectivity index (χ0) is 20.2. The monoisotopic (exact) mass is 453 g/mol. The molecule has 2 aliphatic heterocycles. The number of aromatic amines is 1. The normalized spacial score (nSPS) is 18.0. The van der Waals surface area contributed by atoms with Gasteiger partial charge in [-0.2, -0.15) is 5.10 Å². The topological polar surface area (TPSA) is 75.3 Å². The van der Waals surface area contributed by atoms with Crippen molar-refractivity contribution in [3.63, 3.8) is 0 Å². The van der Waals surface area contributed by atoms with Crippen LogP contribution >= 0.6 is 15.9 Å². The SMILES string of the molecule is Cc1cc2c(cc1Br)C(=O)CC1(CCN(C(=O)c3cccc4cn[nH]c34)CC1)O2. The van der Waals surface area contributed by atoms with Crippen LogP contribution in [0.3, 0.4) is 0 Å². The summed E-state index contributed by atoms with van der Waals surface area (Å²) in [5, 5.41) is 7.89. The van der Waals surface area contributed by atoms with Gasteiger partial charge in [0.1, 0.15) is 11.4 Å². The fraction of sp³-hybridized carbons (Fsp3) is 0.318. The van der Waals surface area contributed by atoms with Gasteiger partial charge in [-0.1, -0.05) is 28.1 Å². The number of fused-ring (bicyclic) bond motifs is 2. The molecule has 1 N–H and O–H groups in total. The molecular formula is C22H20BrN3O3.